The molecule has 0 bridgehead atoms. The molecule has 1 saturated heterocycles. The van der Waals surface area contributed by atoms with Crippen LogP contribution in [0.1, 0.15) is 39.5 Å². The lowest BCUT2D eigenvalue weighted by Gasteiger charge is -2.38. The smallest absolute Gasteiger partial charge is 0.0692 e. The van der Waals surface area contributed by atoms with E-state index in [0.717, 1.165) is 32.3 Å². The van der Waals surface area contributed by atoms with E-state index in [1.165, 1.54) is 0 Å². The zero-order valence-corrected chi connectivity index (χ0v) is 7.60. The summed E-state index contributed by atoms with van der Waals surface area (Å²) < 4.78 is 5.75. The van der Waals surface area contributed by atoms with Crippen molar-refractivity contribution in [1.82, 2.24) is 0 Å². The van der Waals surface area contributed by atoms with Crippen molar-refractivity contribution in [2.24, 2.45) is 5.73 Å². The van der Waals surface area contributed by atoms with Crippen LogP contribution in [0.2, 0.25) is 0 Å². The lowest BCUT2D eigenvalue weighted by molar-refractivity contribution is -0.0887. The molecule has 1 fully saturated rings. The third-order valence-electron chi connectivity index (χ3n) is 2.82. The van der Waals surface area contributed by atoms with E-state index in [9.17, 15) is 0 Å². The first kappa shape index (κ1) is 9.01. The molecule has 0 unspecified atom stereocenters. The number of ether oxygens (including phenoxy) is 1. The molecule has 66 valence electrons. The average Bonchev–Trinajstić information content (AvgIpc) is 2.04. The molecule has 0 radical (unpaired) electrons. The highest BCUT2D eigenvalue weighted by Crippen LogP contribution is 2.30. The van der Waals surface area contributed by atoms with Crippen LogP contribution in [-0.2, 0) is 4.74 Å². The Kier molecular flexibility index (Phi) is 2.90. The summed E-state index contributed by atoms with van der Waals surface area (Å²) in [5, 5.41) is 0. The molecule has 0 aromatic carbocycles. The topological polar surface area (TPSA) is 35.2 Å². The Morgan fingerprint density at radius 3 is 2.45 bits per heavy atom. The minimum absolute atomic E-state index is 0.109. The van der Waals surface area contributed by atoms with Gasteiger partial charge in [0.15, 0.2) is 0 Å². The van der Waals surface area contributed by atoms with Crippen molar-refractivity contribution in [3.8, 4) is 0 Å². The van der Waals surface area contributed by atoms with Crippen LogP contribution < -0.4 is 5.73 Å². The second kappa shape index (κ2) is 3.55. The second-order valence-corrected chi connectivity index (χ2v) is 3.49. The van der Waals surface area contributed by atoms with Crippen LogP contribution in [0.15, 0.2) is 0 Å². The van der Waals surface area contributed by atoms with E-state index < -0.39 is 0 Å². The molecular weight excluding hydrogens is 138 g/mol. The van der Waals surface area contributed by atoms with Gasteiger partial charge in [-0.3, -0.25) is 0 Å². The van der Waals surface area contributed by atoms with E-state index in [-0.39, 0.29) is 5.60 Å². The highest BCUT2D eigenvalue weighted by Gasteiger charge is 2.32. The maximum absolute atomic E-state index is 5.88. The predicted octanol–water partition coefficient (Wildman–Crippen LogP) is 1.68. The van der Waals surface area contributed by atoms with Crippen LogP contribution in [0.25, 0.3) is 0 Å². The van der Waals surface area contributed by atoms with Gasteiger partial charge in [0.2, 0.25) is 0 Å². The van der Waals surface area contributed by atoms with Gasteiger partial charge >= 0.3 is 0 Å². The Balaban J connectivity index is 2.52. The van der Waals surface area contributed by atoms with Crippen LogP contribution >= 0.6 is 0 Å². The van der Waals surface area contributed by atoms with E-state index in [2.05, 4.69) is 13.8 Å². The molecule has 1 rings (SSSR count). The second-order valence-electron chi connectivity index (χ2n) is 3.49. The molecule has 0 aliphatic carbocycles. The van der Waals surface area contributed by atoms with Crippen LogP contribution in [0, 0.1) is 0 Å². The highest BCUT2D eigenvalue weighted by atomic mass is 16.5. The molecule has 0 amide bonds. The Bertz CT molecular complexity index is 121. The van der Waals surface area contributed by atoms with Crippen LogP contribution in [0.4, 0.5) is 0 Å². The summed E-state index contributed by atoms with van der Waals surface area (Å²) in [5.74, 6) is 0. The van der Waals surface area contributed by atoms with E-state index in [1.54, 1.807) is 0 Å². The monoisotopic (exact) mass is 157 g/mol. The Hall–Kier alpha value is -0.0800. The summed E-state index contributed by atoms with van der Waals surface area (Å²) in [6, 6.07) is 0.364. The Morgan fingerprint density at radius 2 is 2.09 bits per heavy atom. The highest BCUT2D eigenvalue weighted by molar-refractivity contribution is 4.86. The molecule has 0 spiro atoms. The van der Waals surface area contributed by atoms with E-state index in [0.29, 0.717) is 6.04 Å². The molecule has 1 aliphatic rings. The first-order chi connectivity index (χ1) is 5.22. The molecule has 1 atom stereocenters. The number of rotatable bonds is 2. The van der Waals surface area contributed by atoms with Crippen molar-refractivity contribution in [2.75, 3.05) is 6.61 Å². The third kappa shape index (κ3) is 1.94. The van der Waals surface area contributed by atoms with Gasteiger partial charge in [-0.15, -0.1) is 0 Å². The number of hydrogen-bond donors (Lipinski definition) is 1. The lowest BCUT2D eigenvalue weighted by atomic mass is 9.86. The van der Waals surface area contributed by atoms with Gasteiger partial charge in [0.25, 0.3) is 0 Å². The predicted molar refractivity (Wildman–Crippen MR) is 46.5 cm³/mol. The fraction of sp³-hybridized carbons (Fsp3) is 1.00. The van der Waals surface area contributed by atoms with Crippen molar-refractivity contribution >= 4 is 0 Å². The van der Waals surface area contributed by atoms with Gasteiger partial charge in [0.05, 0.1) is 5.60 Å². The zero-order chi connectivity index (χ0) is 8.32. The molecule has 2 nitrogen and oxygen atoms in total. The van der Waals surface area contributed by atoms with E-state index >= 15 is 0 Å². The van der Waals surface area contributed by atoms with Gasteiger partial charge in [-0.25, -0.2) is 0 Å². The summed E-state index contributed by atoms with van der Waals surface area (Å²) in [5.41, 5.74) is 5.99. The van der Waals surface area contributed by atoms with Gasteiger partial charge in [0, 0.05) is 12.6 Å². The van der Waals surface area contributed by atoms with Gasteiger partial charge in [-0.1, -0.05) is 13.8 Å². The summed E-state index contributed by atoms with van der Waals surface area (Å²) in [7, 11) is 0. The zero-order valence-electron chi connectivity index (χ0n) is 7.60. The SMILES string of the molecule is CCC1(CC)C[C@H](N)CCO1. The molecule has 0 aromatic rings. The van der Waals surface area contributed by atoms with Crippen LogP contribution in [0.3, 0.4) is 0 Å². The summed E-state index contributed by atoms with van der Waals surface area (Å²) in [6.07, 6.45) is 4.26. The first-order valence-electron chi connectivity index (χ1n) is 4.62. The first-order valence-corrected chi connectivity index (χ1v) is 4.62. The Morgan fingerprint density at radius 1 is 1.45 bits per heavy atom. The molecule has 11 heavy (non-hydrogen) atoms. The molecule has 1 heterocycles. The van der Waals surface area contributed by atoms with Crippen molar-refractivity contribution in [3.05, 3.63) is 0 Å². The van der Waals surface area contributed by atoms with Gasteiger partial charge in [-0.05, 0) is 25.7 Å². The van der Waals surface area contributed by atoms with Gasteiger partial charge in [0.1, 0.15) is 0 Å². The number of nitrogens with two attached hydrogens (primary N) is 1. The molecule has 2 N–H and O–H groups in total. The summed E-state index contributed by atoms with van der Waals surface area (Å²) in [6.45, 7) is 5.21. The normalized spacial score (nSPS) is 30.3. The van der Waals surface area contributed by atoms with Gasteiger partial charge in [-0.2, -0.15) is 0 Å². The summed E-state index contributed by atoms with van der Waals surface area (Å²) >= 11 is 0. The van der Waals surface area contributed by atoms with Crippen molar-refractivity contribution in [2.45, 2.75) is 51.2 Å². The largest absolute Gasteiger partial charge is 0.375 e. The molecule has 0 saturated carbocycles. The lowest BCUT2D eigenvalue weighted by Crippen LogP contribution is -2.44. The van der Waals surface area contributed by atoms with Crippen molar-refractivity contribution in [1.29, 1.82) is 0 Å². The van der Waals surface area contributed by atoms with Crippen molar-refractivity contribution in [3.63, 3.8) is 0 Å². The maximum Gasteiger partial charge on any atom is 0.0692 e. The standard InChI is InChI=1S/C9H19NO/c1-3-9(4-2)7-8(10)5-6-11-9/h8H,3-7,10H2,1-2H3/t8-/m1/s1. The fourth-order valence-corrected chi connectivity index (χ4v) is 1.81. The molecule has 2 heteroatoms. The molecule has 1 aliphatic heterocycles. The summed E-state index contributed by atoms with van der Waals surface area (Å²) in [4.78, 5) is 0. The van der Waals surface area contributed by atoms with E-state index in [1.807, 2.05) is 0 Å². The average molecular weight is 157 g/mol. The van der Waals surface area contributed by atoms with E-state index in [4.69, 9.17) is 10.5 Å². The molecular formula is C9H19NO. The van der Waals surface area contributed by atoms with Crippen molar-refractivity contribution < 1.29 is 4.74 Å². The fourth-order valence-electron chi connectivity index (χ4n) is 1.81. The Labute approximate surface area is 69.1 Å². The third-order valence-corrected chi connectivity index (χ3v) is 2.82. The minimum Gasteiger partial charge on any atom is -0.375 e. The minimum atomic E-state index is 0.109. The van der Waals surface area contributed by atoms with Gasteiger partial charge < -0.3 is 10.5 Å². The van der Waals surface area contributed by atoms with Crippen LogP contribution in [0.5, 0.6) is 0 Å². The maximum atomic E-state index is 5.88. The molecule has 0 aromatic heterocycles. The quantitative estimate of drug-likeness (QED) is 0.662. The number of hydrogen-bond acceptors (Lipinski definition) is 2. The van der Waals surface area contributed by atoms with Crippen LogP contribution in [-0.4, -0.2) is 18.2 Å².